The molecule has 0 aliphatic carbocycles. The molecule has 0 bridgehead atoms. The highest BCUT2D eigenvalue weighted by Gasteiger charge is 2.37. The molecule has 1 aromatic rings. The van der Waals surface area contributed by atoms with Crippen LogP contribution >= 0.6 is 0 Å². The summed E-state index contributed by atoms with van der Waals surface area (Å²) in [5, 5.41) is 19.0. The number of aliphatic hydroxyl groups is 1. The molecule has 1 heterocycles. The zero-order chi connectivity index (χ0) is 11.8. The van der Waals surface area contributed by atoms with Gasteiger partial charge in [0, 0.05) is 0 Å². The van der Waals surface area contributed by atoms with E-state index in [0.29, 0.717) is 17.1 Å². The summed E-state index contributed by atoms with van der Waals surface area (Å²) in [5.41, 5.74) is -1.58. The average Bonchev–Trinajstić information content (AvgIpc) is 2.74. The van der Waals surface area contributed by atoms with Gasteiger partial charge in [-0.15, -0.1) is 0 Å². The topological polar surface area (TPSA) is 76.0 Å². The maximum Gasteiger partial charge on any atom is 0.340 e. The lowest BCUT2D eigenvalue weighted by Gasteiger charge is -2.22. The third kappa shape index (κ3) is 1.49. The standard InChI is InChI=1S/C11H12O5/c1-2-11(14,10(12)13)7-3-4-8-9(5-7)16-6-15-8/h3-5,14H,2,6H2,1H3,(H,12,13). The van der Waals surface area contributed by atoms with Gasteiger partial charge < -0.3 is 19.7 Å². The van der Waals surface area contributed by atoms with Crippen molar-refractivity contribution in [2.24, 2.45) is 0 Å². The minimum atomic E-state index is -1.87. The minimum Gasteiger partial charge on any atom is -0.479 e. The van der Waals surface area contributed by atoms with E-state index in [0.717, 1.165) is 0 Å². The number of carboxylic acid groups (broad SMARTS) is 1. The number of fused-ring (bicyclic) bond motifs is 1. The third-order valence-corrected chi connectivity index (χ3v) is 2.72. The Balaban J connectivity index is 2.44. The second-order valence-electron chi connectivity index (χ2n) is 3.59. The van der Waals surface area contributed by atoms with E-state index in [-0.39, 0.29) is 13.2 Å². The molecule has 86 valence electrons. The molecular weight excluding hydrogens is 212 g/mol. The second kappa shape index (κ2) is 3.68. The van der Waals surface area contributed by atoms with Crippen LogP contribution in [0.4, 0.5) is 0 Å². The van der Waals surface area contributed by atoms with Gasteiger partial charge in [0.15, 0.2) is 17.1 Å². The molecule has 5 nitrogen and oxygen atoms in total. The van der Waals surface area contributed by atoms with E-state index in [1.54, 1.807) is 13.0 Å². The smallest absolute Gasteiger partial charge is 0.340 e. The molecule has 5 heteroatoms. The van der Waals surface area contributed by atoms with E-state index in [4.69, 9.17) is 14.6 Å². The molecule has 0 fully saturated rings. The molecule has 0 aromatic heterocycles. The lowest BCUT2D eigenvalue weighted by atomic mass is 9.91. The Morgan fingerprint density at radius 1 is 1.44 bits per heavy atom. The molecule has 1 aliphatic heterocycles. The number of carbonyl (C=O) groups is 1. The van der Waals surface area contributed by atoms with Crippen LogP contribution < -0.4 is 9.47 Å². The molecule has 0 radical (unpaired) electrons. The first kappa shape index (κ1) is 10.8. The number of hydrogen-bond acceptors (Lipinski definition) is 4. The summed E-state index contributed by atoms with van der Waals surface area (Å²) in [7, 11) is 0. The summed E-state index contributed by atoms with van der Waals surface area (Å²) in [6.07, 6.45) is 0.0853. The summed E-state index contributed by atoms with van der Waals surface area (Å²) in [6, 6.07) is 4.63. The molecule has 2 N–H and O–H groups in total. The van der Waals surface area contributed by atoms with Crippen molar-refractivity contribution in [3.8, 4) is 11.5 Å². The highest BCUT2D eigenvalue weighted by Crippen LogP contribution is 2.36. The Bertz CT molecular complexity index is 428. The predicted molar refractivity (Wildman–Crippen MR) is 54.4 cm³/mol. The van der Waals surface area contributed by atoms with Crippen molar-refractivity contribution in [1.29, 1.82) is 0 Å². The lowest BCUT2D eigenvalue weighted by molar-refractivity contribution is -0.160. The van der Waals surface area contributed by atoms with Gasteiger partial charge in [-0.3, -0.25) is 0 Å². The van der Waals surface area contributed by atoms with Crippen molar-refractivity contribution in [3.05, 3.63) is 23.8 Å². The largest absolute Gasteiger partial charge is 0.479 e. The van der Waals surface area contributed by atoms with Crippen LogP contribution in [0.1, 0.15) is 18.9 Å². The van der Waals surface area contributed by atoms with Gasteiger partial charge >= 0.3 is 5.97 Å². The molecule has 0 saturated carbocycles. The normalized spacial score (nSPS) is 16.9. The van der Waals surface area contributed by atoms with Gasteiger partial charge in [0.25, 0.3) is 0 Å². The van der Waals surface area contributed by atoms with E-state index >= 15 is 0 Å². The first-order valence-corrected chi connectivity index (χ1v) is 4.94. The van der Waals surface area contributed by atoms with Crippen LogP contribution in [0.3, 0.4) is 0 Å². The molecule has 16 heavy (non-hydrogen) atoms. The Kier molecular flexibility index (Phi) is 2.47. The van der Waals surface area contributed by atoms with Crippen LogP contribution in [0.2, 0.25) is 0 Å². The summed E-state index contributed by atoms with van der Waals surface area (Å²) in [4.78, 5) is 11.0. The minimum absolute atomic E-state index is 0.0853. The number of carboxylic acids is 1. The van der Waals surface area contributed by atoms with E-state index in [1.165, 1.54) is 12.1 Å². The SMILES string of the molecule is CCC(O)(C(=O)O)c1ccc2c(c1)OCO2. The molecule has 0 spiro atoms. The molecule has 1 aromatic carbocycles. The van der Waals surface area contributed by atoms with E-state index < -0.39 is 11.6 Å². The molecular formula is C11H12O5. The monoisotopic (exact) mass is 224 g/mol. The quantitative estimate of drug-likeness (QED) is 0.803. The van der Waals surface area contributed by atoms with Crippen molar-refractivity contribution in [1.82, 2.24) is 0 Å². The third-order valence-electron chi connectivity index (χ3n) is 2.72. The predicted octanol–water partition coefficient (Wildman–Crippen LogP) is 1.10. The van der Waals surface area contributed by atoms with Gasteiger partial charge in [0.05, 0.1) is 0 Å². The van der Waals surface area contributed by atoms with Crippen LogP contribution in [0.5, 0.6) is 11.5 Å². The fourth-order valence-electron chi connectivity index (χ4n) is 1.63. The molecule has 0 amide bonds. The van der Waals surface area contributed by atoms with Crippen molar-refractivity contribution in [3.63, 3.8) is 0 Å². The maximum absolute atomic E-state index is 11.0. The number of rotatable bonds is 3. The molecule has 2 rings (SSSR count). The van der Waals surface area contributed by atoms with Crippen molar-refractivity contribution in [2.45, 2.75) is 18.9 Å². The highest BCUT2D eigenvalue weighted by atomic mass is 16.7. The summed E-state index contributed by atoms with van der Waals surface area (Å²) in [6.45, 7) is 1.73. The van der Waals surface area contributed by atoms with E-state index in [1.807, 2.05) is 0 Å². The molecule has 0 saturated heterocycles. The van der Waals surface area contributed by atoms with Crippen molar-refractivity contribution in [2.75, 3.05) is 6.79 Å². The van der Waals surface area contributed by atoms with Crippen LogP contribution in [-0.2, 0) is 10.4 Å². The number of ether oxygens (including phenoxy) is 2. The first-order valence-electron chi connectivity index (χ1n) is 4.94. The maximum atomic E-state index is 11.0. The molecule has 1 aliphatic rings. The van der Waals surface area contributed by atoms with Gasteiger partial charge in [-0.2, -0.15) is 0 Å². The fourth-order valence-corrected chi connectivity index (χ4v) is 1.63. The summed E-state index contributed by atoms with van der Waals surface area (Å²) in [5.74, 6) is -0.243. The Hall–Kier alpha value is -1.75. The van der Waals surface area contributed by atoms with Gasteiger partial charge in [0.1, 0.15) is 0 Å². The van der Waals surface area contributed by atoms with Crippen LogP contribution in [0.25, 0.3) is 0 Å². The van der Waals surface area contributed by atoms with Crippen LogP contribution in [0.15, 0.2) is 18.2 Å². The Morgan fingerprint density at radius 2 is 2.12 bits per heavy atom. The lowest BCUT2D eigenvalue weighted by Crippen LogP contribution is -2.34. The fraction of sp³-hybridized carbons (Fsp3) is 0.364. The number of benzene rings is 1. The first-order chi connectivity index (χ1) is 7.58. The van der Waals surface area contributed by atoms with Gasteiger partial charge in [-0.05, 0) is 24.1 Å². The average molecular weight is 224 g/mol. The molecule has 1 unspecified atom stereocenters. The molecule has 1 atom stereocenters. The van der Waals surface area contributed by atoms with Gasteiger partial charge in [0.2, 0.25) is 6.79 Å². The number of hydrogen-bond donors (Lipinski definition) is 2. The van der Waals surface area contributed by atoms with Gasteiger partial charge in [-0.25, -0.2) is 4.79 Å². The Morgan fingerprint density at radius 3 is 2.75 bits per heavy atom. The second-order valence-corrected chi connectivity index (χ2v) is 3.59. The summed E-state index contributed by atoms with van der Waals surface area (Å²) < 4.78 is 10.2. The summed E-state index contributed by atoms with van der Waals surface area (Å²) >= 11 is 0. The van der Waals surface area contributed by atoms with Crippen molar-refractivity contribution < 1.29 is 24.5 Å². The zero-order valence-corrected chi connectivity index (χ0v) is 8.77. The van der Waals surface area contributed by atoms with Crippen molar-refractivity contribution >= 4 is 5.97 Å². The van der Waals surface area contributed by atoms with Crippen LogP contribution in [-0.4, -0.2) is 23.0 Å². The van der Waals surface area contributed by atoms with Gasteiger partial charge in [-0.1, -0.05) is 13.0 Å². The number of aliphatic carboxylic acids is 1. The zero-order valence-electron chi connectivity index (χ0n) is 8.77. The Labute approximate surface area is 92.2 Å². The van der Waals surface area contributed by atoms with Crippen LogP contribution in [0, 0.1) is 0 Å². The highest BCUT2D eigenvalue weighted by molar-refractivity contribution is 5.79. The van der Waals surface area contributed by atoms with E-state index in [2.05, 4.69) is 0 Å². The van der Waals surface area contributed by atoms with E-state index in [9.17, 15) is 9.90 Å².